The Labute approximate surface area is 117 Å². The van der Waals surface area contributed by atoms with Crippen molar-refractivity contribution in [3.8, 4) is 0 Å². The van der Waals surface area contributed by atoms with E-state index in [0.29, 0.717) is 12.1 Å². The third-order valence-corrected chi connectivity index (χ3v) is 3.68. The van der Waals surface area contributed by atoms with Crippen LogP contribution in [0.1, 0.15) is 26.2 Å². The van der Waals surface area contributed by atoms with Crippen molar-refractivity contribution in [2.24, 2.45) is 0 Å². The molecule has 1 fully saturated rings. The van der Waals surface area contributed by atoms with E-state index in [9.17, 15) is 4.79 Å². The number of urea groups is 1. The average molecular weight is 270 g/mol. The molecule has 1 unspecified atom stereocenters. The van der Waals surface area contributed by atoms with E-state index in [4.69, 9.17) is 0 Å². The van der Waals surface area contributed by atoms with Gasteiger partial charge in [0.15, 0.2) is 0 Å². The maximum Gasteiger partial charge on any atom is 0.319 e. The molecule has 0 bridgehead atoms. The van der Waals surface area contributed by atoms with Crippen LogP contribution in [0.25, 0.3) is 0 Å². The van der Waals surface area contributed by atoms with E-state index in [1.54, 1.807) is 4.90 Å². The zero-order valence-corrected chi connectivity index (χ0v) is 13.1. The van der Waals surface area contributed by atoms with Crippen LogP contribution < -0.4 is 5.32 Å². The first-order valence-electron chi connectivity index (χ1n) is 7.27. The van der Waals surface area contributed by atoms with Crippen molar-refractivity contribution in [1.82, 2.24) is 20.0 Å². The van der Waals surface area contributed by atoms with Crippen molar-refractivity contribution in [3.05, 3.63) is 0 Å². The highest BCUT2D eigenvalue weighted by Gasteiger charge is 2.24. The highest BCUT2D eigenvalue weighted by atomic mass is 16.2. The van der Waals surface area contributed by atoms with Crippen molar-refractivity contribution in [2.45, 2.75) is 38.3 Å². The minimum atomic E-state index is 0.138. The smallest absolute Gasteiger partial charge is 0.319 e. The third-order valence-electron chi connectivity index (χ3n) is 3.68. The monoisotopic (exact) mass is 270 g/mol. The van der Waals surface area contributed by atoms with Gasteiger partial charge in [0.1, 0.15) is 0 Å². The summed E-state index contributed by atoms with van der Waals surface area (Å²) >= 11 is 0. The van der Waals surface area contributed by atoms with Crippen molar-refractivity contribution in [2.75, 3.05) is 47.8 Å². The predicted molar refractivity (Wildman–Crippen MR) is 79.4 cm³/mol. The number of rotatable bonds is 5. The van der Waals surface area contributed by atoms with Crippen LogP contribution in [0.2, 0.25) is 0 Å². The Bertz CT molecular complexity index is 273. The number of piperidine rings is 1. The first kappa shape index (κ1) is 16.2. The van der Waals surface area contributed by atoms with Gasteiger partial charge in [-0.25, -0.2) is 4.79 Å². The number of amides is 2. The lowest BCUT2D eigenvalue weighted by Crippen LogP contribution is -2.49. The lowest BCUT2D eigenvalue weighted by Gasteiger charge is -2.35. The molecule has 0 radical (unpaired) electrons. The Morgan fingerprint density at radius 1 is 1.26 bits per heavy atom. The molecule has 0 aromatic carbocycles. The molecule has 112 valence electrons. The quantitative estimate of drug-likeness (QED) is 0.812. The number of hydrogen-bond donors (Lipinski definition) is 1. The van der Waals surface area contributed by atoms with Crippen LogP contribution in [0.15, 0.2) is 0 Å². The second-order valence-corrected chi connectivity index (χ2v) is 6.10. The molecule has 2 amide bonds. The van der Waals surface area contributed by atoms with Gasteiger partial charge in [0.2, 0.25) is 0 Å². The summed E-state index contributed by atoms with van der Waals surface area (Å²) in [5, 5.41) is 3.68. The SMILES string of the molecule is CC(CCN(C)C)NC1CCN(C(=O)N(C)C)CC1. The maximum atomic E-state index is 11.8. The molecule has 0 spiro atoms. The maximum absolute atomic E-state index is 11.8. The summed E-state index contributed by atoms with van der Waals surface area (Å²) in [6.45, 7) is 5.11. The molecule has 19 heavy (non-hydrogen) atoms. The highest BCUT2D eigenvalue weighted by Crippen LogP contribution is 2.12. The van der Waals surface area contributed by atoms with Crippen LogP contribution >= 0.6 is 0 Å². The standard InChI is InChI=1S/C14H30N4O/c1-12(6-9-16(2)3)15-13-7-10-18(11-8-13)14(19)17(4)5/h12-13,15H,6-11H2,1-5H3. The van der Waals surface area contributed by atoms with Crippen LogP contribution in [0, 0.1) is 0 Å². The van der Waals surface area contributed by atoms with E-state index >= 15 is 0 Å². The predicted octanol–water partition coefficient (Wildman–Crippen LogP) is 1.06. The number of hydrogen-bond acceptors (Lipinski definition) is 3. The first-order valence-corrected chi connectivity index (χ1v) is 7.27. The third kappa shape index (κ3) is 5.78. The number of likely N-dealkylation sites (tertiary alicyclic amines) is 1. The zero-order valence-electron chi connectivity index (χ0n) is 13.1. The van der Waals surface area contributed by atoms with Gasteiger partial charge in [-0.3, -0.25) is 0 Å². The minimum absolute atomic E-state index is 0.138. The Kier molecular flexibility index (Phi) is 6.58. The van der Waals surface area contributed by atoms with Crippen molar-refractivity contribution >= 4 is 6.03 Å². The molecule has 0 aliphatic carbocycles. The average Bonchev–Trinajstić information content (AvgIpc) is 2.36. The van der Waals surface area contributed by atoms with Gasteiger partial charge in [0, 0.05) is 39.3 Å². The minimum Gasteiger partial charge on any atom is -0.331 e. The molecule has 1 heterocycles. The fourth-order valence-electron chi connectivity index (χ4n) is 2.46. The van der Waals surface area contributed by atoms with Crippen LogP contribution in [0.4, 0.5) is 4.79 Å². The Morgan fingerprint density at radius 2 is 1.84 bits per heavy atom. The molecular weight excluding hydrogens is 240 g/mol. The number of carbonyl (C=O) groups is 1. The van der Waals surface area contributed by atoms with E-state index in [0.717, 1.165) is 32.5 Å². The Hall–Kier alpha value is -0.810. The van der Waals surface area contributed by atoms with E-state index in [2.05, 4.69) is 31.2 Å². The number of nitrogens with one attached hydrogen (secondary N) is 1. The molecule has 1 N–H and O–H groups in total. The molecule has 1 saturated heterocycles. The molecule has 5 heteroatoms. The summed E-state index contributed by atoms with van der Waals surface area (Å²) in [4.78, 5) is 17.7. The van der Waals surface area contributed by atoms with Gasteiger partial charge in [-0.1, -0.05) is 0 Å². The fraction of sp³-hybridized carbons (Fsp3) is 0.929. The van der Waals surface area contributed by atoms with Crippen LogP contribution in [0.5, 0.6) is 0 Å². The van der Waals surface area contributed by atoms with Crippen molar-refractivity contribution in [1.29, 1.82) is 0 Å². The van der Waals surface area contributed by atoms with Crippen LogP contribution in [0.3, 0.4) is 0 Å². The molecule has 0 saturated carbocycles. The molecule has 1 rings (SSSR count). The van der Waals surface area contributed by atoms with E-state index in [1.165, 1.54) is 6.42 Å². The van der Waals surface area contributed by atoms with Gasteiger partial charge in [0.05, 0.1) is 0 Å². The summed E-state index contributed by atoms with van der Waals surface area (Å²) < 4.78 is 0. The normalized spacial score (nSPS) is 18.7. The number of carbonyl (C=O) groups excluding carboxylic acids is 1. The molecule has 0 aromatic heterocycles. The molecular formula is C14H30N4O. The molecule has 1 aliphatic rings. The first-order chi connectivity index (χ1) is 8.90. The Morgan fingerprint density at radius 3 is 2.32 bits per heavy atom. The van der Waals surface area contributed by atoms with Gasteiger partial charge in [-0.15, -0.1) is 0 Å². The molecule has 0 aromatic rings. The van der Waals surface area contributed by atoms with E-state index in [1.807, 2.05) is 19.0 Å². The fourth-order valence-corrected chi connectivity index (χ4v) is 2.46. The molecule has 5 nitrogen and oxygen atoms in total. The second-order valence-electron chi connectivity index (χ2n) is 6.10. The van der Waals surface area contributed by atoms with Crippen molar-refractivity contribution in [3.63, 3.8) is 0 Å². The highest BCUT2D eigenvalue weighted by molar-refractivity contribution is 5.73. The zero-order chi connectivity index (χ0) is 14.4. The van der Waals surface area contributed by atoms with Gasteiger partial charge < -0.3 is 20.0 Å². The van der Waals surface area contributed by atoms with Gasteiger partial charge in [-0.05, 0) is 46.8 Å². The summed E-state index contributed by atoms with van der Waals surface area (Å²) in [5.41, 5.74) is 0. The van der Waals surface area contributed by atoms with Crippen LogP contribution in [-0.4, -0.2) is 80.6 Å². The molecule has 1 aliphatic heterocycles. The lowest BCUT2D eigenvalue weighted by molar-refractivity contribution is 0.150. The second kappa shape index (κ2) is 7.70. The van der Waals surface area contributed by atoms with E-state index < -0.39 is 0 Å². The number of nitrogens with zero attached hydrogens (tertiary/aromatic N) is 3. The van der Waals surface area contributed by atoms with Crippen LogP contribution in [-0.2, 0) is 0 Å². The summed E-state index contributed by atoms with van der Waals surface area (Å²) in [5.74, 6) is 0. The van der Waals surface area contributed by atoms with Crippen molar-refractivity contribution < 1.29 is 4.79 Å². The van der Waals surface area contributed by atoms with Gasteiger partial charge in [-0.2, -0.15) is 0 Å². The lowest BCUT2D eigenvalue weighted by atomic mass is 10.0. The summed E-state index contributed by atoms with van der Waals surface area (Å²) in [7, 11) is 7.85. The summed E-state index contributed by atoms with van der Waals surface area (Å²) in [6.07, 6.45) is 3.29. The van der Waals surface area contributed by atoms with E-state index in [-0.39, 0.29) is 6.03 Å². The Balaban J connectivity index is 2.24. The summed E-state index contributed by atoms with van der Waals surface area (Å²) in [6, 6.07) is 1.24. The molecule has 1 atom stereocenters. The largest absolute Gasteiger partial charge is 0.331 e. The van der Waals surface area contributed by atoms with Gasteiger partial charge in [0.25, 0.3) is 0 Å². The topological polar surface area (TPSA) is 38.8 Å². The van der Waals surface area contributed by atoms with Gasteiger partial charge >= 0.3 is 6.03 Å².